The molecule has 0 radical (unpaired) electrons. The second kappa shape index (κ2) is 15.1. The monoisotopic (exact) mass is 662 g/mol. The average Bonchev–Trinajstić information content (AvgIpc) is 3.51. The van der Waals surface area contributed by atoms with Gasteiger partial charge in [-0.3, -0.25) is 19.2 Å². The summed E-state index contributed by atoms with van der Waals surface area (Å²) in [6.07, 6.45) is 3.42. The van der Waals surface area contributed by atoms with Crippen LogP contribution in [0.3, 0.4) is 0 Å². The molecule has 4 amide bonds. The van der Waals surface area contributed by atoms with Crippen LogP contribution in [-0.4, -0.2) is 93.7 Å². The number of benzene rings is 3. The first-order valence-corrected chi connectivity index (χ1v) is 17.3. The molecule has 4 atom stereocenters. The summed E-state index contributed by atoms with van der Waals surface area (Å²) in [6, 6.07) is 24.4. The molecule has 3 aromatic carbocycles. The molecule has 2 fully saturated rings. The standard InChI is InChI=1S/C39H46N6O4/c1-26(2)21-33(36(40)46)44-19-20-45(34(38(44)48)23-28-13-7-4-8-14-28)39(49)35(24-29-25-42-31-16-10-9-15-30(29)31)43-18-17-41-32(37(43)47)22-27-11-5-3-6-12-27/h3-16,25-26,32-35,41-42H,17-24H2,1-2H3,(H2,40,46)/t32-,33-,34-,35-/m0/s1. The number of hydrogen-bond donors (Lipinski definition) is 3. The molecular formula is C39H46N6O4. The van der Waals surface area contributed by atoms with Crippen LogP contribution >= 0.6 is 0 Å². The van der Waals surface area contributed by atoms with Crippen LogP contribution in [0.2, 0.25) is 0 Å². The Morgan fingerprint density at radius 3 is 2.10 bits per heavy atom. The van der Waals surface area contributed by atoms with E-state index in [1.54, 1.807) is 14.7 Å². The molecule has 0 bridgehead atoms. The minimum Gasteiger partial charge on any atom is -0.368 e. The maximum Gasteiger partial charge on any atom is 0.246 e. The summed E-state index contributed by atoms with van der Waals surface area (Å²) in [5, 5.41) is 4.36. The molecular weight excluding hydrogens is 616 g/mol. The highest BCUT2D eigenvalue weighted by Crippen LogP contribution is 2.27. The first kappa shape index (κ1) is 33.9. The normalized spacial score (nSPS) is 19.8. The fourth-order valence-corrected chi connectivity index (χ4v) is 7.36. The Morgan fingerprint density at radius 1 is 0.796 bits per heavy atom. The summed E-state index contributed by atoms with van der Waals surface area (Å²) < 4.78 is 0. The number of piperazine rings is 2. The number of aromatic nitrogens is 1. The lowest BCUT2D eigenvalue weighted by Gasteiger charge is -2.46. The van der Waals surface area contributed by atoms with Crippen molar-refractivity contribution < 1.29 is 19.2 Å². The number of aromatic amines is 1. The molecule has 2 aliphatic rings. The van der Waals surface area contributed by atoms with Gasteiger partial charge in [0.1, 0.15) is 18.1 Å². The Bertz CT molecular complexity index is 1770. The number of rotatable bonds is 12. The summed E-state index contributed by atoms with van der Waals surface area (Å²) in [4.78, 5) is 64.6. The third kappa shape index (κ3) is 7.54. The van der Waals surface area contributed by atoms with Gasteiger partial charge in [-0.1, -0.05) is 92.7 Å². The Morgan fingerprint density at radius 2 is 1.43 bits per heavy atom. The van der Waals surface area contributed by atoms with Crippen LogP contribution in [0.1, 0.15) is 37.0 Å². The smallest absolute Gasteiger partial charge is 0.246 e. The lowest BCUT2D eigenvalue weighted by Crippen LogP contribution is -2.67. The number of hydrogen-bond acceptors (Lipinski definition) is 5. The predicted molar refractivity (Wildman–Crippen MR) is 189 cm³/mol. The Hall–Kier alpha value is -4.96. The van der Waals surface area contributed by atoms with E-state index >= 15 is 4.79 Å². The molecule has 10 nitrogen and oxygen atoms in total. The van der Waals surface area contributed by atoms with E-state index in [0.29, 0.717) is 25.9 Å². The first-order valence-electron chi connectivity index (χ1n) is 17.3. The van der Waals surface area contributed by atoms with Crippen LogP contribution in [-0.2, 0) is 38.4 Å². The molecule has 0 spiro atoms. The zero-order valence-electron chi connectivity index (χ0n) is 28.3. The highest BCUT2D eigenvalue weighted by molar-refractivity contribution is 5.96. The second-order valence-corrected chi connectivity index (χ2v) is 13.6. The third-order valence-electron chi connectivity index (χ3n) is 9.84. The largest absolute Gasteiger partial charge is 0.368 e. The second-order valence-electron chi connectivity index (χ2n) is 13.6. The Balaban J connectivity index is 1.36. The highest BCUT2D eigenvalue weighted by atomic mass is 16.2. The molecule has 3 heterocycles. The number of amides is 4. The van der Waals surface area contributed by atoms with Gasteiger partial charge in [0.2, 0.25) is 23.6 Å². The van der Waals surface area contributed by atoms with Crippen molar-refractivity contribution in [3.8, 4) is 0 Å². The van der Waals surface area contributed by atoms with Crippen molar-refractivity contribution >= 4 is 34.5 Å². The molecule has 256 valence electrons. The van der Waals surface area contributed by atoms with Crippen LogP contribution in [0.4, 0.5) is 0 Å². The average molecular weight is 663 g/mol. The van der Waals surface area contributed by atoms with Gasteiger partial charge in [-0.25, -0.2) is 0 Å². The fraction of sp³-hybridized carbons (Fsp3) is 0.385. The molecule has 4 aromatic rings. The van der Waals surface area contributed by atoms with Crippen molar-refractivity contribution in [2.75, 3.05) is 26.2 Å². The number of carbonyl (C=O) groups is 4. The van der Waals surface area contributed by atoms with Gasteiger partial charge < -0.3 is 30.7 Å². The number of para-hydroxylation sites is 1. The van der Waals surface area contributed by atoms with Gasteiger partial charge in [-0.15, -0.1) is 0 Å². The molecule has 10 heteroatoms. The van der Waals surface area contributed by atoms with E-state index in [-0.39, 0.29) is 49.6 Å². The summed E-state index contributed by atoms with van der Waals surface area (Å²) in [5.41, 5.74) is 9.66. The quantitative estimate of drug-likeness (QED) is 0.214. The molecule has 49 heavy (non-hydrogen) atoms. The molecule has 2 saturated heterocycles. The van der Waals surface area contributed by atoms with Crippen molar-refractivity contribution in [3.63, 3.8) is 0 Å². The molecule has 6 rings (SSSR count). The maximum absolute atomic E-state index is 15.0. The molecule has 4 N–H and O–H groups in total. The topological polar surface area (TPSA) is 132 Å². The number of primary amides is 1. The number of nitrogens with one attached hydrogen (secondary N) is 2. The zero-order chi connectivity index (χ0) is 34.5. The van der Waals surface area contributed by atoms with Crippen LogP contribution in [0, 0.1) is 5.92 Å². The van der Waals surface area contributed by atoms with Crippen molar-refractivity contribution in [2.24, 2.45) is 11.7 Å². The fourth-order valence-electron chi connectivity index (χ4n) is 7.36. The van der Waals surface area contributed by atoms with Crippen molar-refractivity contribution in [3.05, 3.63) is 108 Å². The lowest BCUT2D eigenvalue weighted by atomic mass is 9.94. The Kier molecular flexibility index (Phi) is 10.4. The van der Waals surface area contributed by atoms with Crippen molar-refractivity contribution in [1.29, 1.82) is 0 Å². The zero-order valence-corrected chi connectivity index (χ0v) is 28.3. The van der Waals surface area contributed by atoms with Gasteiger partial charge in [-0.2, -0.15) is 0 Å². The van der Waals surface area contributed by atoms with E-state index in [2.05, 4.69) is 10.3 Å². The molecule has 0 saturated carbocycles. The van der Waals surface area contributed by atoms with Crippen molar-refractivity contribution in [2.45, 2.75) is 63.7 Å². The summed E-state index contributed by atoms with van der Waals surface area (Å²) in [5.74, 6) is -1.11. The maximum atomic E-state index is 15.0. The van der Waals surface area contributed by atoms with Gasteiger partial charge in [0.05, 0.1) is 6.04 Å². The number of nitrogens with zero attached hydrogens (tertiary/aromatic N) is 3. The molecule has 0 aliphatic carbocycles. The number of H-pyrrole nitrogens is 1. The summed E-state index contributed by atoms with van der Waals surface area (Å²) in [6.45, 7) is 5.29. The number of carbonyl (C=O) groups excluding carboxylic acids is 4. The van der Waals surface area contributed by atoms with E-state index in [4.69, 9.17) is 5.73 Å². The van der Waals surface area contributed by atoms with Crippen molar-refractivity contribution in [1.82, 2.24) is 25.0 Å². The first-order chi connectivity index (χ1) is 23.7. The SMILES string of the molecule is CC(C)C[C@@H](C(N)=O)N1CCN(C(=O)[C@H](Cc2c[nH]c3ccccc23)N2CCN[C@@H](Cc3ccccc3)C2=O)[C@@H](Cc2ccccc2)C1=O. The van der Waals surface area contributed by atoms with Crippen LogP contribution in [0.5, 0.6) is 0 Å². The van der Waals surface area contributed by atoms with E-state index in [9.17, 15) is 14.4 Å². The van der Waals surface area contributed by atoms with Crippen LogP contribution in [0.25, 0.3) is 10.9 Å². The van der Waals surface area contributed by atoms with E-state index in [1.807, 2.05) is 105 Å². The van der Waals surface area contributed by atoms with Gasteiger partial charge in [-0.05, 0) is 41.5 Å². The predicted octanol–water partition coefficient (Wildman–Crippen LogP) is 3.30. The van der Waals surface area contributed by atoms with Gasteiger partial charge in [0.15, 0.2) is 0 Å². The van der Waals surface area contributed by atoms with Crippen LogP contribution in [0.15, 0.2) is 91.1 Å². The molecule has 1 aromatic heterocycles. The van der Waals surface area contributed by atoms with E-state index in [1.165, 1.54) is 0 Å². The van der Waals surface area contributed by atoms with E-state index < -0.39 is 30.1 Å². The third-order valence-corrected chi connectivity index (χ3v) is 9.84. The molecule has 2 aliphatic heterocycles. The minimum atomic E-state index is -0.860. The van der Waals surface area contributed by atoms with Crippen LogP contribution < -0.4 is 11.1 Å². The Labute approximate surface area is 287 Å². The lowest BCUT2D eigenvalue weighted by molar-refractivity contribution is -0.160. The minimum absolute atomic E-state index is 0.136. The van der Waals surface area contributed by atoms with E-state index in [0.717, 1.165) is 27.6 Å². The number of fused-ring (bicyclic) bond motifs is 1. The highest BCUT2D eigenvalue weighted by Gasteiger charge is 2.46. The summed E-state index contributed by atoms with van der Waals surface area (Å²) >= 11 is 0. The summed E-state index contributed by atoms with van der Waals surface area (Å²) in [7, 11) is 0. The molecule has 0 unspecified atom stereocenters. The number of nitrogens with two attached hydrogens (primary N) is 1. The van der Waals surface area contributed by atoms with Gasteiger partial charge in [0, 0.05) is 56.1 Å². The van der Waals surface area contributed by atoms with Gasteiger partial charge >= 0.3 is 0 Å². The van der Waals surface area contributed by atoms with Gasteiger partial charge in [0.25, 0.3) is 0 Å².